The summed E-state index contributed by atoms with van der Waals surface area (Å²) in [5, 5.41) is 0. The fraction of sp³-hybridized carbons (Fsp3) is 1.00. The van der Waals surface area contributed by atoms with Crippen molar-refractivity contribution in [1.29, 1.82) is 0 Å². The van der Waals surface area contributed by atoms with E-state index in [1.807, 2.05) is 6.92 Å². The monoisotopic (exact) mass is 409 g/mol. The van der Waals surface area contributed by atoms with Gasteiger partial charge in [0.25, 0.3) is 0 Å². The Balaban J connectivity index is 2.58. The largest absolute Gasteiger partial charge is 0.490 e. The van der Waals surface area contributed by atoms with Gasteiger partial charge in [0.2, 0.25) is 0 Å². The fourth-order valence-corrected chi connectivity index (χ4v) is 4.98. The van der Waals surface area contributed by atoms with E-state index in [4.69, 9.17) is 27.4 Å². The summed E-state index contributed by atoms with van der Waals surface area (Å²) in [6, 6.07) is 0. The molecule has 1 heterocycles. The first-order valence-corrected chi connectivity index (χ1v) is 11.2. The van der Waals surface area contributed by atoms with Crippen LogP contribution in [-0.4, -0.2) is 57.8 Å². The Bertz CT molecular complexity index is 569. The summed E-state index contributed by atoms with van der Waals surface area (Å²) in [4.78, 5) is 36.7. The molecule has 3 unspecified atom stereocenters. The summed E-state index contributed by atoms with van der Waals surface area (Å²) in [6.45, 7) is 3.64. The average molecular weight is 409 g/mol. The zero-order valence-electron chi connectivity index (χ0n) is 12.9. The lowest BCUT2D eigenvalue weighted by Crippen LogP contribution is -2.33. The molecule has 0 bridgehead atoms. The Kier molecular flexibility index (Phi) is 7.84. The highest BCUT2D eigenvalue weighted by Crippen LogP contribution is 2.66. The molecule has 0 aromatic rings. The van der Waals surface area contributed by atoms with Crippen molar-refractivity contribution >= 4 is 31.4 Å². The van der Waals surface area contributed by atoms with Crippen LogP contribution in [0.5, 0.6) is 0 Å². The van der Waals surface area contributed by atoms with E-state index in [1.165, 1.54) is 4.81 Å². The normalized spacial score (nSPS) is 30.2. The van der Waals surface area contributed by atoms with Gasteiger partial charge in [0, 0.05) is 0 Å². The smallest absolute Gasteiger partial charge is 0.358 e. The molecule has 5 atom stereocenters. The summed E-state index contributed by atoms with van der Waals surface area (Å²) in [5.74, 6) is -0.0973. The van der Waals surface area contributed by atoms with Gasteiger partial charge in [-0.1, -0.05) is 13.8 Å². The van der Waals surface area contributed by atoms with Crippen molar-refractivity contribution in [2.45, 2.75) is 32.6 Å². The van der Waals surface area contributed by atoms with E-state index in [0.717, 1.165) is 0 Å². The van der Waals surface area contributed by atoms with Crippen LogP contribution in [0.2, 0.25) is 0 Å². The lowest BCUT2D eigenvalue weighted by Gasteiger charge is -2.23. The molecule has 0 aliphatic carbocycles. The standard InChI is InChI=1S/C8H19BNO11P3/c1-3-10(9)8-4-6(2)7(19-8)5-18-23(14,15)21-24(16,17)20-22(11,12)13/h6-8H,3-5H2,1-2H3,(H,14,15)(H,16,17)(H2,11,12,13)/t6?,7-,8-/m1/s1. The quantitative estimate of drug-likeness (QED) is 0.307. The third-order valence-corrected chi connectivity index (χ3v) is 6.90. The third kappa shape index (κ3) is 7.74. The van der Waals surface area contributed by atoms with E-state index in [-0.39, 0.29) is 5.92 Å². The van der Waals surface area contributed by atoms with Gasteiger partial charge in [-0.05, 0) is 18.9 Å². The second kappa shape index (κ2) is 8.39. The molecule has 24 heavy (non-hydrogen) atoms. The minimum atomic E-state index is -5.52. The number of ether oxygens (including phenoxy) is 1. The van der Waals surface area contributed by atoms with E-state index in [9.17, 15) is 18.6 Å². The molecule has 140 valence electrons. The Morgan fingerprint density at radius 3 is 2.25 bits per heavy atom. The zero-order chi connectivity index (χ0) is 18.8. The molecular weight excluding hydrogens is 390 g/mol. The molecule has 1 saturated heterocycles. The molecule has 0 amide bonds. The van der Waals surface area contributed by atoms with Gasteiger partial charge in [-0.25, -0.2) is 13.7 Å². The van der Waals surface area contributed by atoms with Crippen molar-refractivity contribution in [2.75, 3.05) is 13.2 Å². The first-order chi connectivity index (χ1) is 10.7. The second-order valence-corrected chi connectivity index (χ2v) is 9.48. The zero-order valence-corrected chi connectivity index (χ0v) is 15.5. The van der Waals surface area contributed by atoms with Crippen LogP contribution in [0, 0.1) is 5.92 Å². The van der Waals surface area contributed by atoms with Crippen molar-refractivity contribution < 1.29 is 51.2 Å². The van der Waals surface area contributed by atoms with Gasteiger partial charge in [-0.3, -0.25) is 4.52 Å². The summed E-state index contributed by atoms with van der Waals surface area (Å²) < 4.78 is 50.6. The number of rotatable bonds is 9. The SMILES string of the molecule is [B]N(CC)[C@H]1CC(C)[C@@H](COP(=O)(O)OP(=O)(O)OP(=O)(O)O)O1. The number of hydrogen-bond donors (Lipinski definition) is 4. The van der Waals surface area contributed by atoms with Crippen molar-refractivity contribution in [3.63, 3.8) is 0 Å². The summed E-state index contributed by atoms with van der Waals surface area (Å²) >= 11 is 0. The maximum absolute atomic E-state index is 11.6. The molecule has 1 aliphatic heterocycles. The van der Waals surface area contributed by atoms with Crippen LogP contribution in [0.4, 0.5) is 0 Å². The van der Waals surface area contributed by atoms with E-state index in [2.05, 4.69) is 13.1 Å². The Hall–Kier alpha value is 0.395. The topological polar surface area (TPSA) is 172 Å². The van der Waals surface area contributed by atoms with Crippen molar-refractivity contribution in [3.05, 3.63) is 0 Å². The molecule has 0 aromatic carbocycles. The third-order valence-electron chi connectivity index (χ3n) is 3.09. The minimum absolute atomic E-state index is 0.0973. The predicted octanol–water partition coefficient (Wildman–Crippen LogP) is 0.486. The van der Waals surface area contributed by atoms with E-state index in [1.54, 1.807) is 6.92 Å². The molecule has 2 radical (unpaired) electrons. The van der Waals surface area contributed by atoms with Crippen molar-refractivity contribution in [3.8, 4) is 0 Å². The van der Waals surface area contributed by atoms with Gasteiger partial charge in [0.15, 0.2) is 7.98 Å². The lowest BCUT2D eigenvalue weighted by molar-refractivity contribution is -0.0404. The number of nitrogens with zero attached hydrogens (tertiary/aromatic N) is 1. The van der Waals surface area contributed by atoms with Gasteiger partial charge < -0.3 is 29.1 Å². The lowest BCUT2D eigenvalue weighted by atomic mass is 10.0. The van der Waals surface area contributed by atoms with Crippen molar-refractivity contribution in [2.24, 2.45) is 5.92 Å². The van der Waals surface area contributed by atoms with E-state index < -0.39 is 42.4 Å². The number of phosphoric ester groups is 1. The molecule has 1 rings (SSSR count). The van der Waals surface area contributed by atoms with E-state index >= 15 is 0 Å². The highest BCUT2D eigenvalue weighted by Gasteiger charge is 2.42. The molecule has 0 saturated carbocycles. The van der Waals surface area contributed by atoms with Crippen LogP contribution in [0.15, 0.2) is 0 Å². The van der Waals surface area contributed by atoms with Gasteiger partial charge >= 0.3 is 23.5 Å². The predicted molar refractivity (Wildman–Crippen MR) is 80.4 cm³/mol. The molecule has 12 nitrogen and oxygen atoms in total. The Morgan fingerprint density at radius 1 is 1.17 bits per heavy atom. The molecule has 1 fully saturated rings. The van der Waals surface area contributed by atoms with Gasteiger partial charge in [-0.2, -0.15) is 8.62 Å². The number of hydrogen-bond acceptors (Lipinski definition) is 8. The summed E-state index contributed by atoms with van der Waals surface area (Å²) in [7, 11) is -10.4. The van der Waals surface area contributed by atoms with Crippen LogP contribution in [-0.2, 0) is 31.6 Å². The molecule has 4 N–H and O–H groups in total. The highest BCUT2D eigenvalue weighted by atomic mass is 31.3. The first-order valence-electron chi connectivity index (χ1n) is 6.70. The molecule has 0 spiro atoms. The van der Waals surface area contributed by atoms with Crippen molar-refractivity contribution in [1.82, 2.24) is 4.81 Å². The summed E-state index contributed by atoms with van der Waals surface area (Å²) in [6.07, 6.45) is -0.522. The van der Waals surface area contributed by atoms with Gasteiger partial charge in [0.05, 0.1) is 12.7 Å². The van der Waals surface area contributed by atoms with Crippen LogP contribution < -0.4 is 0 Å². The molecule has 0 aromatic heterocycles. The molecule has 1 aliphatic rings. The van der Waals surface area contributed by atoms with Crippen LogP contribution in [0.25, 0.3) is 0 Å². The minimum Gasteiger partial charge on any atom is -0.358 e. The second-order valence-electron chi connectivity index (χ2n) is 5.06. The maximum Gasteiger partial charge on any atom is 0.490 e. The average Bonchev–Trinajstić information content (AvgIpc) is 2.72. The first kappa shape index (κ1) is 22.4. The Morgan fingerprint density at radius 2 is 1.75 bits per heavy atom. The van der Waals surface area contributed by atoms with Crippen LogP contribution in [0.1, 0.15) is 20.3 Å². The number of phosphoric acid groups is 3. The van der Waals surface area contributed by atoms with Crippen LogP contribution >= 0.6 is 23.5 Å². The fourth-order valence-electron chi connectivity index (χ4n) is 1.95. The maximum atomic E-state index is 11.6. The van der Waals surface area contributed by atoms with E-state index in [0.29, 0.717) is 13.0 Å². The molecule has 16 heteroatoms. The van der Waals surface area contributed by atoms with Crippen LogP contribution in [0.3, 0.4) is 0 Å². The van der Waals surface area contributed by atoms with Gasteiger partial charge in [0.1, 0.15) is 6.23 Å². The Labute approximate surface area is 140 Å². The molecular formula is C8H19BNO11P3. The summed E-state index contributed by atoms with van der Waals surface area (Å²) in [5.41, 5.74) is 0. The highest BCUT2D eigenvalue weighted by molar-refractivity contribution is 7.66. The van der Waals surface area contributed by atoms with Gasteiger partial charge in [-0.15, -0.1) is 0 Å².